The molecule has 1 atom stereocenters. The van der Waals surface area contributed by atoms with E-state index < -0.39 is 24.6 Å². The van der Waals surface area contributed by atoms with E-state index in [9.17, 15) is 14.4 Å². The first-order valence-electron chi connectivity index (χ1n) is 12.9. The Hall–Kier alpha value is -4.23. The number of fused-ring (bicyclic) bond motifs is 1. The average molecular weight is 697 g/mol. The third-order valence-corrected chi connectivity index (χ3v) is 8.16. The van der Waals surface area contributed by atoms with Crippen molar-refractivity contribution in [2.75, 3.05) is 20.3 Å². The third-order valence-electron chi connectivity index (χ3n) is 6.38. The van der Waals surface area contributed by atoms with Crippen LogP contribution in [0.5, 0.6) is 11.5 Å². The number of methoxy groups -OCH3 is 1. The number of thiazole rings is 1. The number of ether oxygens (including phenoxy) is 3. The largest absolute Gasteiger partial charge is 0.493 e. The molecule has 0 bridgehead atoms. The molecule has 214 valence electrons. The van der Waals surface area contributed by atoms with Gasteiger partial charge in [0, 0.05) is 5.56 Å². The fourth-order valence-corrected chi connectivity index (χ4v) is 6.42. The molecule has 42 heavy (non-hydrogen) atoms. The number of aliphatic carboxylic acids is 1. The molecular weight excluding hydrogens is 671 g/mol. The lowest BCUT2D eigenvalue weighted by molar-refractivity contribution is -0.140. The maximum absolute atomic E-state index is 14.0. The molecule has 9 nitrogen and oxygen atoms in total. The second-order valence-electron chi connectivity index (χ2n) is 9.06. The molecule has 1 aromatic heterocycles. The van der Waals surface area contributed by atoms with Crippen molar-refractivity contribution in [1.82, 2.24) is 4.57 Å². The van der Waals surface area contributed by atoms with Crippen LogP contribution in [0.15, 0.2) is 88.2 Å². The van der Waals surface area contributed by atoms with Crippen LogP contribution in [-0.4, -0.2) is 41.9 Å². The van der Waals surface area contributed by atoms with Crippen LogP contribution in [-0.2, 0) is 14.3 Å². The number of esters is 1. The van der Waals surface area contributed by atoms with Gasteiger partial charge >= 0.3 is 11.9 Å². The summed E-state index contributed by atoms with van der Waals surface area (Å²) in [6.07, 6.45) is 1.72. The van der Waals surface area contributed by atoms with Crippen molar-refractivity contribution < 1.29 is 28.9 Å². The van der Waals surface area contributed by atoms with Crippen molar-refractivity contribution >= 4 is 57.6 Å². The van der Waals surface area contributed by atoms with Gasteiger partial charge in [-0.2, -0.15) is 0 Å². The molecular formula is C31H25IN2O7S. The quantitative estimate of drug-likeness (QED) is 0.208. The first-order chi connectivity index (χ1) is 20.3. The number of carbonyl (C=O) groups is 2. The summed E-state index contributed by atoms with van der Waals surface area (Å²) >= 11 is 3.24. The highest BCUT2D eigenvalue weighted by atomic mass is 127. The van der Waals surface area contributed by atoms with Crippen LogP contribution in [0.1, 0.15) is 29.7 Å². The Morgan fingerprint density at radius 1 is 1.10 bits per heavy atom. The van der Waals surface area contributed by atoms with Crippen molar-refractivity contribution in [2.45, 2.75) is 13.0 Å². The number of hydrogen-bond donors (Lipinski definition) is 1. The topological polar surface area (TPSA) is 116 Å². The predicted octanol–water partition coefficient (Wildman–Crippen LogP) is 4.01. The minimum absolute atomic E-state index is 0.170. The summed E-state index contributed by atoms with van der Waals surface area (Å²) in [4.78, 5) is 43.8. The fourth-order valence-electron chi connectivity index (χ4n) is 4.64. The van der Waals surface area contributed by atoms with Gasteiger partial charge in [0.2, 0.25) is 0 Å². The number of carboxylic acid groups (broad SMARTS) is 1. The van der Waals surface area contributed by atoms with Crippen molar-refractivity contribution in [1.29, 1.82) is 0 Å². The molecule has 0 amide bonds. The van der Waals surface area contributed by atoms with E-state index in [1.165, 1.54) is 23.0 Å². The first kappa shape index (κ1) is 29.3. The second-order valence-corrected chi connectivity index (χ2v) is 11.2. The van der Waals surface area contributed by atoms with Gasteiger partial charge in [0.15, 0.2) is 22.9 Å². The SMILES string of the molecule is CCOC(=O)C1=C(c2ccccc2)N=c2s/c(=C\c3cc(I)c(OCC(=O)O)c(OC)c3)c(=O)n2[C@@H]1c1ccccc1. The zero-order chi connectivity index (χ0) is 29.8. The fraction of sp³-hybridized carbons (Fsp3) is 0.161. The van der Waals surface area contributed by atoms with E-state index in [1.807, 2.05) is 83.3 Å². The van der Waals surface area contributed by atoms with Crippen LogP contribution in [0.3, 0.4) is 0 Å². The Labute approximate surface area is 258 Å². The Morgan fingerprint density at radius 2 is 1.79 bits per heavy atom. The highest BCUT2D eigenvalue weighted by molar-refractivity contribution is 14.1. The van der Waals surface area contributed by atoms with Crippen LogP contribution >= 0.6 is 33.9 Å². The Bertz CT molecular complexity index is 1860. The molecule has 0 unspecified atom stereocenters. The molecule has 0 fully saturated rings. The number of rotatable bonds is 9. The molecule has 5 rings (SSSR count). The normalized spacial score (nSPS) is 14.6. The lowest BCUT2D eigenvalue weighted by Gasteiger charge is -2.25. The number of carboxylic acids is 1. The maximum atomic E-state index is 14.0. The smallest absolute Gasteiger partial charge is 0.341 e. The van der Waals surface area contributed by atoms with Crippen LogP contribution in [0.4, 0.5) is 0 Å². The highest BCUT2D eigenvalue weighted by Gasteiger charge is 2.35. The third kappa shape index (κ3) is 5.88. The molecule has 0 saturated carbocycles. The van der Waals surface area contributed by atoms with Gasteiger partial charge in [0.25, 0.3) is 5.56 Å². The molecule has 0 saturated heterocycles. The lowest BCUT2D eigenvalue weighted by atomic mass is 9.93. The van der Waals surface area contributed by atoms with E-state index >= 15 is 0 Å². The monoisotopic (exact) mass is 696 g/mol. The van der Waals surface area contributed by atoms with Crippen LogP contribution in [0.25, 0.3) is 11.8 Å². The highest BCUT2D eigenvalue weighted by Crippen LogP contribution is 2.36. The van der Waals surface area contributed by atoms with Gasteiger partial charge in [-0.3, -0.25) is 9.36 Å². The van der Waals surface area contributed by atoms with Crippen molar-refractivity contribution in [3.05, 3.63) is 118 Å². The summed E-state index contributed by atoms with van der Waals surface area (Å²) in [7, 11) is 1.46. The minimum Gasteiger partial charge on any atom is -0.493 e. The van der Waals surface area contributed by atoms with Crippen LogP contribution in [0.2, 0.25) is 0 Å². The molecule has 4 aromatic rings. The molecule has 0 spiro atoms. The van der Waals surface area contributed by atoms with Crippen molar-refractivity contribution in [2.24, 2.45) is 4.99 Å². The zero-order valence-corrected chi connectivity index (χ0v) is 25.5. The number of aromatic nitrogens is 1. The second kappa shape index (κ2) is 12.7. The molecule has 0 radical (unpaired) electrons. The molecule has 2 heterocycles. The van der Waals surface area contributed by atoms with Crippen molar-refractivity contribution in [3.63, 3.8) is 0 Å². The predicted molar refractivity (Wildman–Crippen MR) is 166 cm³/mol. The average Bonchev–Trinajstić information content (AvgIpc) is 3.30. The van der Waals surface area contributed by atoms with Crippen LogP contribution < -0.4 is 24.4 Å². The summed E-state index contributed by atoms with van der Waals surface area (Å²) in [6, 6.07) is 21.4. The van der Waals surface area contributed by atoms with E-state index in [4.69, 9.17) is 24.3 Å². The van der Waals surface area contributed by atoms with Gasteiger partial charge in [-0.05, 0) is 58.9 Å². The summed E-state index contributed by atoms with van der Waals surface area (Å²) in [5.41, 5.74) is 2.54. The van der Waals surface area contributed by atoms with Gasteiger partial charge < -0.3 is 19.3 Å². The lowest BCUT2D eigenvalue weighted by Crippen LogP contribution is -2.40. The maximum Gasteiger partial charge on any atom is 0.341 e. The summed E-state index contributed by atoms with van der Waals surface area (Å²) in [6.45, 7) is 1.39. The van der Waals surface area contributed by atoms with Crippen molar-refractivity contribution in [3.8, 4) is 11.5 Å². The minimum atomic E-state index is -1.11. The number of halogens is 1. The van der Waals surface area contributed by atoms with Gasteiger partial charge in [0.05, 0.1) is 39.1 Å². The van der Waals surface area contributed by atoms with E-state index in [0.717, 1.165) is 11.1 Å². The number of carbonyl (C=O) groups excluding carboxylic acids is 1. The molecule has 11 heteroatoms. The van der Waals surface area contributed by atoms with Gasteiger partial charge in [-0.25, -0.2) is 14.6 Å². The van der Waals surface area contributed by atoms with Gasteiger partial charge in [-0.1, -0.05) is 72.0 Å². The zero-order valence-electron chi connectivity index (χ0n) is 22.6. The molecule has 1 aliphatic rings. The molecule has 0 aliphatic carbocycles. The number of benzene rings is 3. The van der Waals surface area contributed by atoms with Crippen LogP contribution in [0, 0.1) is 3.57 Å². The molecule has 3 aromatic carbocycles. The number of nitrogens with zero attached hydrogens (tertiary/aromatic N) is 2. The Kier molecular flexibility index (Phi) is 8.88. The summed E-state index contributed by atoms with van der Waals surface area (Å²) in [5.74, 6) is -1.02. The molecule has 1 aliphatic heterocycles. The van der Waals surface area contributed by atoms with E-state index in [2.05, 4.69) is 0 Å². The Morgan fingerprint density at radius 3 is 2.43 bits per heavy atom. The first-order valence-corrected chi connectivity index (χ1v) is 14.8. The summed E-state index contributed by atoms with van der Waals surface area (Å²) < 4.78 is 18.9. The van der Waals surface area contributed by atoms with Gasteiger partial charge in [-0.15, -0.1) is 0 Å². The molecule has 1 N–H and O–H groups in total. The van der Waals surface area contributed by atoms with E-state index in [1.54, 1.807) is 25.1 Å². The summed E-state index contributed by atoms with van der Waals surface area (Å²) in [5, 5.41) is 9.02. The number of hydrogen-bond acceptors (Lipinski definition) is 8. The Balaban J connectivity index is 1.74. The van der Waals surface area contributed by atoms with Gasteiger partial charge in [0.1, 0.15) is 0 Å². The standard InChI is InChI=1S/C31H25IN2O7S/c1-3-40-30(38)25-26(19-10-6-4-7-11-19)33-31-34(27(25)20-12-8-5-9-13-20)29(37)23(42-31)16-18-14-21(32)28(22(15-18)39-2)41-17-24(35)36/h4-16,27H,3,17H2,1-2H3,(H,35,36)/b23-16-/t27-/m1/s1. The van der Waals surface area contributed by atoms with E-state index in [0.29, 0.717) is 35.7 Å². The van der Waals surface area contributed by atoms with E-state index in [-0.39, 0.29) is 17.7 Å².